The van der Waals surface area contributed by atoms with E-state index in [1.54, 1.807) is 0 Å². The quantitative estimate of drug-likeness (QED) is 0.524. The third kappa shape index (κ3) is 0.816. The number of rotatable bonds is 0. The van der Waals surface area contributed by atoms with Gasteiger partial charge in [-0.15, -0.1) is 11.3 Å². The number of aryl methyl sites for hydroxylation is 1. The molecular weight excluding hydrogens is 140 g/mol. The van der Waals surface area contributed by atoms with Crippen LogP contribution >= 0.6 is 11.3 Å². The molecule has 10 heavy (non-hydrogen) atoms. The summed E-state index contributed by atoms with van der Waals surface area (Å²) in [5, 5.41) is 3.72. The first-order valence-corrected chi connectivity index (χ1v) is 4.50. The molecule has 0 nitrogen and oxygen atoms in total. The summed E-state index contributed by atoms with van der Waals surface area (Å²) in [6, 6.07) is 0. The van der Waals surface area contributed by atoms with Crippen molar-refractivity contribution in [2.75, 3.05) is 0 Å². The molecule has 0 aliphatic heterocycles. The van der Waals surface area contributed by atoms with Crippen molar-refractivity contribution in [2.45, 2.75) is 19.8 Å². The lowest BCUT2D eigenvalue weighted by atomic mass is 10.1. The second-order valence-electron chi connectivity index (χ2n) is 2.68. The highest BCUT2D eigenvalue weighted by Crippen LogP contribution is 2.00. The normalized spacial score (nSPS) is 15.3. The zero-order valence-corrected chi connectivity index (χ0v) is 6.87. The van der Waals surface area contributed by atoms with Crippen molar-refractivity contribution in [1.29, 1.82) is 0 Å². The first-order chi connectivity index (χ1) is 4.88. The van der Waals surface area contributed by atoms with Crippen LogP contribution in [0.25, 0.3) is 12.2 Å². The fourth-order valence-electron chi connectivity index (χ4n) is 1.33. The highest BCUT2D eigenvalue weighted by atomic mass is 32.1. The van der Waals surface area contributed by atoms with Crippen LogP contribution in [-0.2, 0) is 0 Å². The van der Waals surface area contributed by atoms with Crippen LogP contribution in [0.4, 0.5) is 0 Å². The standard InChI is InChI=1S/C9H10S/c1-7-6-10-9-5-3-2-4-8(7)9/h4-6H,2-3H2,1H3. The topological polar surface area (TPSA) is 0 Å². The molecule has 0 fully saturated rings. The first-order valence-electron chi connectivity index (χ1n) is 3.62. The van der Waals surface area contributed by atoms with Gasteiger partial charge in [0.05, 0.1) is 0 Å². The Morgan fingerprint density at radius 3 is 2.90 bits per heavy atom. The van der Waals surface area contributed by atoms with Crippen molar-refractivity contribution in [3.63, 3.8) is 0 Å². The van der Waals surface area contributed by atoms with Gasteiger partial charge in [-0.05, 0) is 35.9 Å². The van der Waals surface area contributed by atoms with Crippen LogP contribution in [0, 0.1) is 6.92 Å². The maximum absolute atomic E-state index is 2.35. The van der Waals surface area contributed by atoms with E-state index in [9.17, 15) is 0 Å². The molecule has 0 saturated heterocycles. The SMILES string of the molecule is Cc1csc2c1=CCCC=2. The summed E-state index contributed by atoms with van der Waals surface area (Å²) < 4.78 is 1.48. The van der Waals surface area contributed by atoms with Crippen molar-refractivity contribution in [3.05, 3.63) is 20.7 Å². The van der Waals surface area contributed by atoms with E-state index in [4.69, 9.17) is 0 Å². The lowest BCUT2D eigenvalue weighted by Crippen LogP contribution is -2.22. The van der Waals surface area contributed by atoms with E-state index in [1.165, 1.54) is 28.2 Å². The summed E-state index contributed by atoms with van der Waals surface area (Å²) in [6.45, 7) is 2.19. The Labute approximate surface area is 64.5 Å². The summed E-state index contributed by atoms with van der Waals surface area (Å²) in [4.78, 5) is 0. The molecule has 2 rings (SSSR count). The minimum atomic E-state index is 1.23. The molecule has 0 N–H and O–H groups in total. The van der Waals surface area contributed by atoms with Crippen molar-refractivity contribution < 1.29 is 0 Å². The predicted molar refractivity (Wildman–Crippen MR) is 46.5 cm³/mol. The maximum atomic E-state index is 2.35. The highest BCUT2D eigenvalue weighted by Gasteiger charge is 1.96. The lowest BCUT2D eigenvalue weighted by Gasteiger charge is -1.93. The Kier molecular flexibility index (Phi) is 1.38. The van der Waals surface area contributed by atoms with Crippen LogP contribution in [-0.4, -0.2) is 0 Å². The fraction of sp³-hybridized carbons (Fsp3) is 0.333. The molecule has 0 unspecified atom stereocenters. The zero-order valence-electron chi connectivity index (χ0n) is 6.05. The highest BCUT2D eigenvalue weighted by molar-refractivity contribution is 7.07. The van der Waals surface area contributed by atoms with E-state index >= 15 is 0 Å². The lowest BCUT2D eigenvalue weighted by molar-refractivity contribution is 1.12. The molecule has 0 amide bonds. The van der Waals surface area contributed by atoms with Crippen LogP contribution in [0.1, 0.15) is 18.4 Å². The predicted octanol–water partition coefficient (Wildman–Crippen LogP) is 1.41. The minimum absolute atomic E-state index is 1.23. The summed E-state index contributed by atoms with van der Waals surface area (Å²) in [7, 11) is 0. The third-order valence-electron chi connectivity index (χ3n) is 1.90. The molecule has 0 saturated carbocycles. The summed E-state index contributed by atoms with van der Waals surface area (Å²) in [5.41, 5.74) is 1.44. The van der Waals surface area contributed by atoms with Crippen LogP contribution in [0.3, 0.4) is 0 Å². The molecule has 1 heteroatoms. The van der Waals surface area contributed by atoms with Gasteiger partial charge in [0.25, 0.3) is 0 Å². The third-order valence-corrected chi connectivity index (χ3v) is 3.01. The van der Waals surface area contributed by atoms with Gasteiger partial charge in [-0.3, -0.25) is 0 Å². The monoisotopic (exact) mass is 150 g/mol. The molecule has 1 aromatic heterocycles. The Hall–Kier alpha value is -0.560. The molecule has 1 aliphatic carbocycles. The largest absolute Gasteiger partial charge is 0.144 e. The van der Waals surface area contributed by atoms with Crippen LogP contribution < -0.4 is 9.75 Å². The van der Waals surface area contributed by atoms with Gasteiger partial charge in [0.15, 0.2) is 0 Å². The smallest absolute Gasteiger partial charge is 0.0302 e. The molecule has 0 radical (unpaired) electrons. The molecule has 0 atom stereocenters. The molecule has 1 heterocycles. The molecule has 0 spiro atoms. The van der Waals surface area contributed by atoms with Gasteiger partial charge in [-0.2, -0.15) is 0 Å². The molecule has 1 aromatic rings. The van der Waals surface area contributed by atoms with E-state index in [0.29, 0.717) is 0 Å². The van der Waals surface area contributed by atoms with E-state index in [2.05, 4.69) is 24.5 Å². The molecule has 1 aliphatic rings. The molecular formula is C9H10S. The molecule has 0 bridgehead atoms. The molecule has 52 valence electrons. The summed E-state index contributed by atoms with van der Waals surface area (Å²) in [6.07, 6.45) is 7.14. The summed E-state index contributed by atoms with van der Waals surface area (Å²) in [5.74, 6) is 0. The maximum Gasteiger partial charge on any atom is 0.0302 e. The minimum Gasteiger partial charge on any atom is -0.144 e. The number of fused-ring (bicyclic) bond motifs is 1. The van der Waals surface area contributed by atoms with Gasteiger partial charge >= 0.3 is 0 Å². The average Bonchev–Trinajstić information content (AvgIpc) is 2.34. The Morgan fingerprint density at radius 1 is 1.30 bits per heavy atom. The van der Waals surface area contributed by atoms with Gasteiger partial charge < -0.3 is 0 Å². The van der Waals surface area contributed by atoms with Gasteiger partial charge in [0.1, 0.15) is 0 Å². The van der Waals surface area contributed by atoms with E-state index in [-0.39, 0.29) is 0 Å². The number of thiophene rings is 1. The van der Waals surface area contributed by atoms with Crippen LogP contribution in [0.15, 0.2) is 5.38 Å². The Balaban J connectivity index is 2.89. The van der Waals surface area contributed by atoms with Gasteiger partial charge in [-0.25, -0.2) is 0 Å². The average molecular weight is 150 g/mol. The van der Waals surface area contributed by atoms with Gasteiger partial charge in [-0.1, -0.05) is 12.2 Å². The summed E-state index contributed by atoms with van der Waals surface area (Å²) >= 11 is 1.87. The van der Waals surface area contributed by atoms with Crippen LogP contribution in [0.5, 0.6) is 0 Å². The van der Waals surface area contributed by atoms with Crippen LogP contribution in [0.2, 0.25) is 0 Å². The second kappa shape index (κ2) is 2.24. The second-order valence-corrected chi connectivity index (χ2v) is 3.59. The number of hydrogen-bond donors (Lipinski definition) is 0. The van der Waals surface area contributed by atoms with E-state index in [1.807, 2.05) is 11.3 Å². The van der Waals surface area contributed by atoms with Crippen molar-refractivity contribution in [2.24, 2.45) is 0 Å². The Bertz CT molecular complexity index is 343. The van der Waals surface area contributed by atoms with Crippen molar-refractivity contribution >= 4 is 23.5 Å². The van der Waals surface area contributed by atoms with Gasteiger partial charge in [0.2, 0.25) is 0 Å². The van der Waals surface area contributed by atoms with E-state index in [0.717, 1.165) is 0 Å². The fourth-order valence-corrected chi connectivity index (χ4v) is 2.35. The van der Waals surface area contributed by atoms with Crippen molar-refractivity contribution in [3.8, 4) is 0 Å². The number of hydrogen-bond acceptors (Lipinski definition) is 1. The molecule has 0 aromatic carbocycles. The first kappa shape index (κ1) is 6.17. The zero-order chi connectivity index (χ0) is 6.97. The van der Waals surface area contributed by atoms with E-state index < -0.39 is 0 Å². The Morgan fingerprint density at radius 2 is 2.10 bits per heavy atom. The van der Waals surface area contributed by atoms with Gasteiger partial charge in [0, 0.05) is 4.53 Å². The van der Waals surface area contributed by atoms with Crippen molar-refractivity contribution in [1.82, 2.24) is 0 Å².